The van der Waals surface area contributed by atoms with Gasteiger partial charge in [-0.25, -0.2) is 4.79 Å². The van der Waals surface area contributed by atoms with E-state index < -0.39 is 5.97 Å². The molecule has 1 fully saturated rings. The molecule has 1 aliphatic heterocycles. The molecule has 1 unspecified atom stereocenters. The third kappa shape index (κ3) is 6.23. The molecule has 0 spiro atoms. The standard InChI is InChI=1S/C29H31ClN2O3/c1-2-35-29(34)23-16-15-22(25(30)19-23)20-27(33)31-28(21-11-5-3-6-12-21)24-13-7-8-14-26(24)32-17-9-4-10-18-32/h3,5-8,11-16,19,28H,2,4,9-10,17-18,20H2,1H3,(H,31,33). The highest BCUT2D eigenvalue weighted by molar-refractivity contribution is 6.31. The zero-order valence-corrected chi connectivity index (χ0v) is 20.8. The van der Waals surface area contributed by atoms with Gasteiger partial charge in [0.2, 0.25) is 5.91 Å². The van der Waals surface area contributed by atoms with Crippen molar-refractivity contribution in [1.82, 2.24) is 5.32 Å². The van der Waals surface area contributed by atoms with Gasteiger partial charge in [-0.3, -0.25) is 4.79 Å². The van der Waals surface area contributed by atoms with Gasteiger partial charge in [-0.05, 0) is 55.5 Å². The van der Waals surface area contributed by atoms with Gasteiger partial charge in [-0.2, -0.15) is 0 Å². The first-order valence-electron chi connectivity index (χ1n) is 12.2. The van der Waals surface area contributed by atoms with Crippen LogP contribution in [0.2, 0.25) is 5.02 Å². The summed E-state index contributed by atoms with van der Waals surface area (Å²) < 4.78 is 5.03. The molecule has 6 heteroatoms. The minimum Gasteiger partial charge on any atom is -0.462 e. The van der Waals surface area contributed by atoms with Gasteiger partial charge >= 0.3 is 5.97 Å². The van der Waals surface area contributed by atoms with Crippen LogP contribution in [0.15, 0.2) is 72.8 Å². The van der Waals surface area contributed by atoms with Crippen LogP contribution in [0.3, 0.4) is 0 Å². The van der Waals surface area contributed by atoms with E-state index in [9.17, 15) is 9.59 Å². The Morgan fingerprint density at radius 3 is 2.40 bits per heavy atom. The van der Waals surface area contributed by atoms with Crippen molar-refractivity contribution in [3.05, 3.63) is 100 Å². The lowest BCUT2D eigenvalue weighted by molar-refractivity contribution is -0.120. The molecule has 5 nitrogen and oxygen atoms in total. The number of para-hydroxylation sites is 1. The number of amides is 1. The second-order valence-corrected chi connectivity index (χ2v) is 9.13. The molecule has 0 radical (unpaired) electrons. The van der Waals surface area contributed by atoms with Crippen LogP contribution in [-0.4, -0.2) is 31.6 Å². The van der Waals surface area contributed by atoms with Crippen molar-refractivity contribution in [3.63, 3.8) is 0 Å². The number of piperidine rings is 1. The van der Waals surface area contributed by atoms with E-state index in [1.165, 1.54) is 19.3 Å². The van der Waals surface area contributed by atoms with Crippen LogP contribution in [0, 0.1) is 0 Å². The van der Waals surface area contributed by atoms with Crippen LogP contribution in [-0.2, 0) is 16.0 Å². The molecule has 1 aliphatic rings. The summed E-state index contributed by atoms with van der Waals surface area (Å²) in [4.78, 5) is 27.7. The molecule has 1 N–H and O–H groups in total. The monoisotopic (exact) mass is 490 g/mol. The predicted octanol–water partition coefficient (Wildman–Crippen LogP) is 5.96. The molecule has 1 atom stereocenters. The van der Waals surface area contributed by atoms with Crippen molar-refractivity contribution in [2.75, 3.05) is 24.6 Å². The summed E-state index contributed by atoms with van der Waals surface area (Å²) >= 11 is 6.42. The van der Waals surface area contributed by atoms with Gasteiger partial charge in [0.15, 0.2) is 0 Å². The molecule has 0 aliphatic carbocycles. The Hall–Kier alpha value is -3.31. The van der Waals surface area contributed by atoms with Crippen LogP contribution >= 0.6 is 11.6 Å². The summed E-state index contributed by atoms with van der Waals surface area (Å²) in [5.41, 5.74) is 4.30. The molecule has 35 heavy (non-hydrogen) atoms. The fourth-order valence-corrected chi connectivity index (χ4v) is 4.80. The lowest BCUT2D eigenvalue weighted by Crippen LogP contribution is -2.34. The zero-order valence-electron chi connectivity index (χ0n) is 20.0. The van der Waals surface area contributed by atoms with Gasteiger partial charge in [0, 0.05) is 29.4 Å². The molecular weight excluding hydrogens is 460 g/mol. The number of benzene rings is 3. The van der Waals surface area contributed by atoms with Crippen LogP contribution < -0.4 is 10.2 Å². The molecule has 1 amide bonds. The maximum atomic E-state index is 13.3. The molecule has 3 aromatic carbocycles. The highest BCUT2D eigenvalue weighted by Crippen LogP contribution is 2.32. The van der Waals surface area contributed by atoms with Crippen molar-refractivity contribution in [1.29, 1.82) is 0 Å². The molecule has 0 bridgehead atoms. The number of hydrogen-bond acceptors (Lipinski definition) is 4. The van der Waals surface area contributed by atoms with E-state index in [0.717, 1.165) is 29.9 Å². The van der Waals surface area contributed by atoms with Gasteiger partial charge in [-0.15, -0.1) is 0 Å². The smallest absolute Gasteiger partial charge is 0.338 e. The molecular formula is C29H31ClN2O3. The minimum absolute atomic E-state index is 0.108. The van der Waals surface area contributed by atoms with E-state index in [4.69, 9.17) is 16.3 Å². The molecule has 0 aromatic heterocycles. The number of hydrogen-bond donors (Lipinski definition) is 1. The Morgan fingerprint density at radius 2 is 1.69 bits per heavy atom. The van der Waals surface area contributed by atoms with Crippen LogP contribution in [0.5, 0.6) is 0 Å². The van der Waals surface area contributed by atoms with Crippen molar-refractivity contribution in [2.24, 2.45) is 0 Å². The van der Waals surface area contributed by atoms with Gasteiger partial charge in [0.05, 0.1) is 24.6 Å². The molecule has 3 aromatic rings. The molecule has 182 valence electrons. The summed E-state index contributed by atoms with van der Waals surface area (Å²) in [5.74, 6) is -0.568. The SMILES string of the molecule is CCOC(=O)c1ccc(CC(=O)NC(c2ccccc2)c2ccccc2N2CCCCC2)c(Cl)c1. The quantitative estimate of drug-likeness (QED) is 0.396. The number of halogens is 1. The summed E-state index contributed by atoms with van der Waals surface area (Å²) in [5, 5.41) is 3.62. The Morgan fingerprint density at radius 1 is 0.971 bits per heavy atom. The van der Waals surface area contributed by atoms with E-state index in [1.807, 2.05) is 36.4 Å². The lowest BCUT2D eigenvalue weighted by atomic mass is 9.95. The topological polar surface area (TPSA) is 58.6 Å². The van der Waals surface area contributed by atoms with Gasteiger partial charge < -0.3 is 15.0 Å². The summed E-state index contributed by atoms with van der Waals surface area (Å²) in [6, 6.07) is 23.0. The predicted molar refractivity (Wildman–Crippen MR) is 140 cm³/mol. The maximum absolute atomic E-state index is 13.3. The number of esters is 1. The summed E-state index contributed by atoms with van der Waals surface area (Å²) in [7, 11) is 0. The molecule has 4 rings (SSSR count). The Balaban J connectivity index is 1.58. The van der Waals surface area contributed by atoms with E-state index in [2.05, 4.69) is 28.4 Å². The first-order valence-corrected chi connectivity index (χ1v) is 12.6. The highest BCUT2D eigenvalue weighted by Gasteiger charge is 2.23. The van der Waals surface area contributed by atoms with Gasteiger partial charge in [0.1, 0.15) is 0 Å². The van der Waals surface area contributed by atoms with Crippen LogP contribution in [0.1, 0.15) is 59.3 Å². The van der Waals surface area contributed by atoms with E-state index >= 15 is 0 Å². The zero-order chi connectivity index (χ0) is 24.6. The van der Waals surface area contributed by atoms with E-state index in [1.54, 1.807) is 25.1 Å². The number of nitrogens with zero attached hydrogens (tertiary/aromatic N) is 1. The van der Waals surface area contributed by atoms with Crippen LogP contribution in [0.4, 0.5) is 5.69 Å². The summed E-state index contributed by atoms with van der Waals surface area (Å²) in [6.07, 6.45) is 3.72. The number of anilines is 1. The fourth-order valence-electron chi connectivity index (χ4n) is 4.56. The number of rotatable bonds is 8. The minimum atomic E-state index is -0.427. The molecule has 0 saturated carbocycles. The van der Waals surface area contributed by atoms with Crippen molar-refractivity contribution in [2.45, 2.75) is 38.6 Å². The van der Waals surface area contributed by atoms with Crippen LogP contribution in [0.25, 0.3) is 0 Å². The van der Waals surface area contributed by atoms with E-state index in [-0.39, 0.29) is 18.4 Å². The van der Waals surface area contributed by atoms with Crippen molar-refractivity contribution in [3.8, 4) is 0 Å². The van der Waals surface area contributed by atoms with Gasteiger partial charge in [0.25, 0.3) is 0 Å². The average Bonchev–Trinajstić information content (AvgIpc) is 2.89. The maximum Gasteiger partial charge on any atom is 0.338 e. The highest BCUT2D eigenvalue weighted by atomic mass is 35.5. The Kier molecular flexibility index (Phi) is 8.43. The first kappa shape index (κ1) is 24.8. The molecule has 1 heterocycles. The number of carbonyl (C=O) groups excluding carboxylic acids is 2. The first-order chi connectivity index (χ1) is 17.1. The average molecular weight is 491 g/mol. The third-order valence-corrected chi connectivity index (χ3v) is 6.65. The normalized spacial score (nSPS) is 14.3. The third-order valence-electron chi connectivity index (χ3n) is 6.30. The van der Waals surface area contributed by atoms with Crippen molar-refractivity contribution >= 4 is 29.2 Å². The second-order valence-electron chi connectivity index (χ2n) is 8.72. The number of nitrogens with one attached hydrogen (secondary N) is 1. The second kappa shape index (κ2) is 11.9. The van der Waals surface area contributed by atoms with E-state index in [0.29, 0.717) is 22.8 Å². The number of ether oxygens (including phenoxy) is 1. The number of carbonyl (C=O) groups is 2. The Bertz CT molecular complexity index is 1160. The van der Waals surface area contributed by atoms with Crippen molar-refractivity contribution < 1.29 is 14.3 Å². The van der Waals surface area contributed by atoms with Gasteiger partial charge in [-0.1, -0.05) is 66.2 Å². The largest absolute Gasteiger partial charge is 0.462 e. The lowest BCUT2D eigenvalue weighted by Gasteiger charge is -2.33. The summed E-state index contributed by atoms with van der Waals surface area (Å²) in [6.45, 7) is 4.09. The fraction of sp³-hybridized carbons (Fsp3) is 0.310. The Labute approximate surface area is 212 Å². The molecule has 1 saturated heterocycles.